The van der Waals surface area contributed by atoms with E-state index in [-0.39, 0.29) is 24.4 Å². The highest BCUT2D eigenvalue weighted by Gasteiger charge is 2.52. The lowest BCUT2D eigenvalue weighted by Crippen LogP contribution is -2.45. The summed E-state index contributed by atoms with van der Waals surface area (Å²) in [6.07, 6.45) is 3.07. The monoisotopic (exact) mass is 397 g/mol. The third kappa shape index (κ3) is 3.28. The SMILES string of the molecule is CC(c1ccc(Cl)cc1Cl)N(C)C(=O)CN1C(=O)NC2(CCCC2)C1=O. The number of carbonyl (C=O) groups is 3. The van der Waals surface area contributed by atoms with Crippen LogP contribution in [-0.2, 0) is 9.59 Å². The zero-order chi connectivity index (χ0) is 19.1. The molecule has 3 rings (SSSR count). The summed E-state index contributed by atoms with van der Waals surface area (Å²) in [4.78, 5) is 40.1. The first-order valence-corrected chi connectivity index (χ1v) is 9.35. The van der Waals surface area contributed by atoms with Gasteiger partial charge < -0.3 is 10.2 Å². The minimum absolute atomic E-state index is 0.279. The Morgan fingerprint density at radius 2 is 1.96 bits per heavy atom. The summed E-state index contributed by atoms with van der Waals surface area (Å²) in [6.45, 7) is 1.55. The third-order valence-electron chi connectivity index (χ3n) is 5.38. The van der Waals surface area contributed by atoms with Crippen molar-refractivity contribution in [2.45, 2.75) is 44.2 Å². The molecule has 26 heavy (non-hydrogen) atoms. The summed E-state index contributed by atoms with van der Waals surface area (Å²) in [7, 11) is 1.63. The highest BCUT2D eigenvalue weighted by Crippen LogP contribution is 2.35. The van der Waals surface area contributed by atoms with Crippen molar-refractivity contribution < 1.29 is 14.4 Å². The second-order valence-electron chi connectivity index (χ2n) is 6.96. The second kappa shape index (κ2) is 7.08. The molecule has 1 aliphatic heterocycles. The smallest absolute Gasteiger partial charge is 0.325 e. The maximum Gasteiger partial charge on any atom is 0.325 e. The van der Waals surface area contributed by atoms with Crippen LogP contribution in [0.3, 0.4) is 0 Å². The second-order valence-corrected chi connectivity index (χ2v) is 7.80. The Morgan fingerprint density at radius 3 is 2.58 bits per heavy atom. The van der Waals surface area contributed by atoms with Gasteiger partial charge in [-0.25, -0.2) is 4.79 Å². The van der Waals surface area contributed by atoms with Crippen molar-refractivity contribution >= 4 is 41.0 Å². The van der Waals surface area contributed by atoms with E-state index in [1.54, 1.807) is 25.2 Å². The fourth-order valence-electron chi connectivity index (χ4n) is 3.65. The molecular weight excluding hydrogens is 377 g/mol. The van der Waals surface area contributed by atoms with Crippen LogP contribution in [0, 0.1) is 0 Å². The summed E-state index contributed by atoms with van der Waals surface area (Å²) in [5.41, 5.74) is -0.0579. The molecule has 0 aromatic heterocycles. The molecule has 4 amide bonds. The van der Waals surface area contributed by atoms with E-state index in [2.05, 4.69) is 5.32 Å². The van der Waals surface area contributed by atoms with Gasteiger partial charge in [0.1, 0.15) is 12.1 Å². The highest BCUT2D eigenvalue weighted by atomic mass is 35.5. The molecule has 1 atom stereocenters. The summed E-state index contributed by atoms with van der Waals surface area (Å²) in [5.74, 6) is -0.624. The van der Waals surface area contributed by atoms with Crippen LogP contribution in [0.4, 0.5) is 4.79 Å². The number of benzene rings is 1. The molecule has 1 aromatic carbocycles. The van der Waals surface area contributed by atoms with Crippen molar-refractivity contribution in [3.05, 3.63) is 33.8 Å². The minimum atomic E-state index is -0.805. The normalized spacial score (nSPS) is 19.8. The van der Waals surface area contributed by atoms with E-state index >= 15 is 0 Å². The van der Waals surface area contributed by atoms with Crippen LogP contribution < -0.4 is 5.32 Å². The van der Waals surface area contributed by atoms with Crippen molar-refractivity contribution in [3.8, 4) is 0 Å². The van der Waals surface area contributed by atoms with Crippen molar-refractivity contribution in [2.24, 2.45) is 0 Å². The molecule has 2 aliphatic rings. The van der Waals surface area contributed by atoms with E-state index in [9.17, 15) is 14.4 Å². The van der Waals surface area contributed by atoms with Gasteiger partial charge in [-0.2, -0.15) is 0 Å². The first kappa shape index (κ1) is 19.0. The van der Waals surface area contributed by atoms with Gasteiger partial charge >= 0.3 is 6.03 Å². The van der Waals surface area contributed by atoms with E-state index in [0.29, 0.717) is 22.9 Å². The maximum atomic E-state index is 12.7. The van der Waals surface area contributed by atoms with Gasteiger partial charge in [0.25, 0.3) is 5.91 Å². The average molecular weight is 398 g/mol. The molecule has 2 fully saturated rings. The Kier molecular flexibility index (Phi) is 5.17. The maximum absolute atomic E-state index is 12.7. The molecule has 8 heteroatoms. The van der Waals surface area contributed by atoms with Gasteiger partial charge in [-0.15, -0.1) is 0 Å². The molecule has 6 nitrogen and oxygen atoms in total. The van der Waals surface area contributed by atoms with Gasteiger partial charge in [0, 0.05) is 17.1 Å². The first-order valence-electron chi connectivity index (χ1n) is 8.60. The topological polar surface area (TPSA) is 69.7 Å². The van der Waals surface area contributed by atoms with Gasteiger partial charge in [-0.05, 0) is 37.5 Å². The lowest BCUT2D eigenvalue weighted by Gasteiger charge is -2.27. The molecule has 1 saturated heterocycles. The fraction of sp³-hybridized carbons (Fsp3) is 0.500. The Bertz CT molecular complexity index is 762. The Labute approximate surface area is 162 Å². The van der Waals surface area contributed by atoms with Gasteiger partial charge in [-0.1, -0.05) is 42.1 Å². The van der Waals surface area contributed by atoms with E-state index in [0.717, 1.165) is 23.3 Å². The number of carbonyl (C=O) groups excluding carboxylic acids is 3. The fourth-order valence-corrected chi connectivity index (χ4v) is 4.22. The van der Waals surface area contributed by atoms with Crippen molar-refractivity contribution in [1.82, 2.24) is 15.1 Å². The van der Waals surface area contributed by atoms with Crippen LogP contribution in [0.25, 0.3) is 0 Å². The molecule has 1 N–H and O–H groups in total. The molecule has 1 saturated carbocycles. The zero-order valence-corrected chi connectivity index (χ0v) is 16.2. The van der Waals surface area contributed by atoms with Gasteiger partial charge in [-0.3, -0.25) is 14.5 Å². The number of urea groups is 1. The number of hydrogen-bond acceptors (Lipinski definition) is 3. The third-order valence-corrected chi connectivity index (χ3v) is 5.95. The molecule has 0 radical (unpaired) electrons. The molecule has 1 aliphatic carbocycles. The number of likely N-dealkylation sites (N-methyl/N-ethyl adjacent to an activating group) is 1. The zero-order valence-electron chi connectivity index (χ0n) is 14.7. The van der Waals surface area contributed by atoms with Crippen molar-refractivity contribution in [2.75, 3.05) is 13.6 Å². The van der Waals surface area contributed by atoms with Crippen LogP contribution in [-0.4, -0.2) is 46.8 Å². The van der Waals surface area contributed by atoms with Crippen LogP contribution in [0.15, 0.2) is 18.2 Å². The van der Waals surface area contributed by atoms with E-state index in [1.807, 2.05) is 6.92 Å². The highest BCUT2D eigenvalue weighted by molar-refractivity contribution is 6.35. The number of halogens is 2. The Morgan fingerprint density at radius 1 is 1.31 bits per heavy atom. The standard InChI is InChI=1S/C18H21Cl2N3O3/c1-11(13-6-5-12(19)9-14(13)20)22(2)15(24)10-23-16(25)18(21-17(23)26)7-3-4-8-18/h5-6,9,11H,3-4,7-8,10H2,1-2H3,(H,21,26). The lowest BCUT2D eigenvalue weighted by atomic mass is 9.98. The summed E-state index contributed by atoms with van der Waals surface area (Å²) < 4.78 is 0. The molecule has 1 unspecified atom stereocenters. The van der Waals surface area contributed by atoms with Crippen LogP contribution in [0.5, 0.6) is 0 Å². The van der Waals surface area contributed by atoms with Crippen molar-refractivity contribution in [3.63, 3.8) is 0 Å². The van der Waals surface area contributed by atoms with Crippen LogP contribution >= 0.6 is 23.2 Å². The number of amides is 4. The summed E-state index contributed by atoms with van der Waals surface area (Å²) in [6, 6.07) is 4.28. The van der Waals surface area contributed by atoms with Crippen LogP contribution in [0.2, 0.25) is 10.0 Å². The number of rotatable bonds is 4. The van der Waals surface area contributed by atoms with Crippen LogP contribution in [0.1, 0.15) is 44.2 Å². The van der Waals surface area contributed by atoms with Gasteiger partial charge in [0.2, 0.25) is 5.91 Å². The molecule has 140 valence electrons. The molecule has 1 aromatic rings. The van der Waals surface area contributed by atoms with E-state index in [1.165, 1.54) is 4.90 Å². The molecular formula is C18H21Cl2N3O3. The molecule has 1 spiro atoms. The van der Waals surface area contributed by atoms with Gasteiger partial charge in [0.05, 0.1) is 6.04 Å². The van der Waals surface area contributed by atoms with Gasteiger partial charge in [0.15, 0.2) is 0 Å². The number of nitrogens with one attached hydrogen (secondary N) is 1. The Balaban J connectivity index is 1.71. The molecule has 1 heterocycles. The number of nitrogens with zero attached hydrogens (tertiary/aromatic N) is 2. The minimum Gasteiger partial charge on any atom is -0.337 e. The van der Waals surface area contributed by atoms with Crippen molar-refractivity contribution in [1.29, 1.82) is 0 Å². The quantitative estimate of drug-likeness (QED) is 0.791. The largest absolute Gasteiger partial charge is 0.337 e. The van der Waals surface area contributed by atoms with E-state index in [4.69, 9.17) is 23.2 Å². The first-order chi connectivity index (χ1) is 12.2. The Hall–Kier alpha value is -1.79. The lowest BCUT2D eigenvalue weighted by molar-refractivity contribution is -0.139. The predicted octanol–water partition coefficient (Wildman–Crippen LogP) is 3.38. The average Bonchev–Trinajstić information content (AvgIpc) is 3.14. The summed E-state index contributed by atoms with van der Waals surface area (Å²) in [5, 5.41) is 3.76. The predicted molar refractivity (Wildman–Crippen MR) is 99.1 cm³/mol. The van der Waals surface area contributed by atoms with E-state index < -0.39 is 11.6 Å². The molecule has 0 bridgehead atoms. The number of imide groups is 1. The number of hydrogen-bond donors (Lipinski definition) is 1. The summed E-state index contributed by atoms with van der Waals surface area (Å²) >= 11 is 12.1.